The van der Waals surface area contributed by atoms with Crippen molar-refractivity contribution in [1.29, 1.82) is 0 Å². The molecule has 0 heterocycles. The zero-order valence-corrected chi connectivity index (χ0v) is 22.0. The molecule has 0 aromatic heterocycles. The van der Waals surface area contributed by atoms with Crippen LogP contribution in [0.1, 0.15) is 85.6 Å². The standard InChI is InChI=1S/C14H19.3C4H9.Sn/c1-14(2,3)13-10-12(13)9-11-7-5-4-6-8-11;3*1-3-4-2;/h4-8,10,12-13H,9H2,1-3H3;3*1,3-4H2,2H3;/t12-,13-;;;;/m1..../s1. The molecule has 1 saturated carbocycles. The van der Waals surface area contributed by atoms with Gasteiger partial charge in [0.15, 0.2) is 0 Å². The van der Waals surface area contributed by atoms with Gasteiger partial charge in [0.25, 0.3) is 0 Å². The fourth-order valence-corrected chi connectivity index (χ4v) is 27.6. The van der Waals surface area contributed by atoms with Gasteiger partial charge in [-0.1, -0.05) is 0 Å². The van der Waals surface area contributed by atoms with E-state index in [1.165, 1.54) is 44.9 Å². The quantitative estimate of drug-likeness (QED) is 0.264. The first-order chi connectivity index (χ1) is 12.9. The summed E-state index contributed by atoms with van der Waals surface area (Å²) in [6, 6.07) is 11.4. The molecule has 1 aromatic rings. The minimum absolute atomic E-state index is 0.483. The Morgan fingerprint density at radius 1 is 0.778 bits per heavy atom. The van der Waals surface area contributed by atoms with Crippen LogP contribution in [0.25, 0.3) is 0 Å². The van der Waals surface area contributed by atoms with Crippen molar-refractivity contribution in [2.45, 2.75) is 104 Å². The summed E-state index contributed by atoms with van der Waals surface area (Å²) in [7, 11) is 0. The molecule has 1 aromatic carbocycles. The number of rotatable bonds is 12. The Morgan fingerprint density at radius 3 is 1.67 bits per heavy atom. The summed E-state index contributed by atoms with van der Waals surface area (Å²) >= 11 is -2.14. The second-order valence-corrected chi connectivity index (χ2v) is 24.4. The molecule has 1 aliphatic carbocycles. The monoisotopic (exact) mass is 478 g/mol. The molecule has 0 spiro atoms. The van der Waals surface area contributed by atoms with Crippen molar-refractivity contribution in [2.75, 3.05) is 0 Å². The van der Waals surface area contributed by atoms with Crippen LogP contribution in [0.15, 0.2) is 30.3 Å². The maximum absolute atomic E-state index is 2.53. The Balaban J connectivity index is 2.30. The van der Waals surface area contributed by atoms with Crippen molar-refractivity contribution in [3.8, 4) is 0 Å². The van der Waals surface area contributed by atoms with Gasteiger partial charge in [0, 0.05) is 0 Å². The molecule has 0 aliphatic heterocycles. The number of hydrogen-bond donors (Lipinski definition) is 0. The first-order valence-electron chi connectivity index (χ1n) is 11.9. The molecule has 0 amide bonds. The van der Waals surface area contributed by atoms with E-state index < -0.39 is 18.4 Å². The van der Waals surface area contributed by atoms with Gasteiger partial charge in [-0.05, 0) is 0 Å². The third-order valence-electron chi connectivity index (χ3n) is 7.27. The first kappa shape index (κ1) is 23.3. The Kier molecular flexibility index (Phi) is 9.23. The average Bonchev–Trinajstić information content (AvgIpc) is 3.37. The van der Waals surface area contributed by atoms with E-state index in [9.17, 15) is 0 Å². The summed E-state index contributed by atoms with van der Waals surface area (Å²) in [6.45, 7) is 14.8. The van der Waals surface area contributed by atoms with Gasteiger partial charge in [0.2, 0.25) is 0 Å². The average molecular weight is 477 g/mol. The summed E-state index contributed by atoms with van der Waals surface area (Å²) in [5.41, 5.74) is 2.07. The third-order valence-corrected chi connectivity index (χ3v) is 25.1. The molecule has 0 N–H and O–H groups in total. The third kappa shape index (κ3) is 6.25. The van der Waals surface area contributed by atoms with Gasteiger partial charge < -0.3 is 0 Å². The molecule has 3 atom stereocenters. The van der Waals surface area contributed by atoms with E-state index in [-0.39, 0.29) is 0 Å². The van der Waals surface area contributed by atoms with Crippen molar-refractivity contribution < 1.29 is 0 Å². The summed E-state index contributed by atoms with van der Waals surface area (Å²) in [5.74, 6) is 1.97. The van der Waals surface area contributed by atoms with Gasteiger partial charge in [0.05, 0.1) is 0 Å². The van der Waals surface area contributed by atoms with Crippen LogP contribution in [-0.2, 0) is 6.42 Å². The predicted octanol–water partition coefficient (Wildman–Crippen LogP) is 8.74. The molecule has 0 bridgehead atoms. The first-order valence-corrected chi connectivity index (χ1v) is 19.6. The topological polar surface area (TPSA) is 0 Å². The molecular formula is C26H46Sn. The van der Waals surface area contributed by atoms with E-state index in [2.05, 4.69) is 71.9 Å². The van der Waals surface area contributed by atoms with Gasteiger partial charge in [-0.15, -0.1) is 0 Å². The van der Waals surface area contributed by atoms with Crippen LogP contribution in [0.4, 0.5) is 0 Å². The van der Waals surface area contributed by atoms with Crippen molar-refractivity contribution >= 4 is 18.4 Å². The van der Waals surface area contributed by atoms with Crippen LogP contribution in [-0.4, -0.2) is 18.4 Å². The summed E-state index contributed by atoms with van der Waals surface area (Å²) in [4.78, 5) is 0. The normalized spacial score (nSPS) is 22.8. The van der Waals surface area contributed by atoms with Crippen LogP contribution in [0.2, 0.25) is 17.2 Å². The fourth-order valence-electron chi connectivity index (χ4n) is 5.99. The second kappa shape index (κ2) is 10.7. The molecule has 154 valence electrons. The Labute approximate surface area is 174 Å². The van der Waals surface area contributed by atoms with Gasteiger partial charge >= 0.3 is 175 Å². The molecule has 0 unspecified atom stereocenters. The molecular weight excluding hydrogens is 431 g/mol. The maximum atomic E-state index is 2.53. The van der Waals surface area contributed by atoms with Crippen LogP contribution < -0.4 is 0 Å². The molecule has 1 heteroatoms. The summed E-state index contributed by atoms with van der Waals surface area (Å²) in [6.07, 6.45) is 10.1. The fraction of sp³-hybridized carbons (Fsp3) is 0.769. The molecule has 2 rings (SSSR count). The van der Waals surface area contributed by atoms with E-state index in [1.54, 1.807) is 18.9 Å². The van der Waals surface area contributed by atoms with E-state index in [1.807, 2.05) is 0 Å². The van der Waals surface area contributed by atoms with Crippen molar-refractivity contribution in [2.24, 2.45) is 17.3 Å². The zero-order chi connectivity index (χ0) is 19.9. The van der Waals surface area contributed by atoms with Gasteiger partial charge in [-0.3, -0.25) is 0 Å². The number of benzene rings is 1. The second-order valence-electron chi connectivity index (χ2n) is 10.4. The van der Waals surface area contributed by atoms with Crippen LogP contribution in [0, 0.1) is 17.3 Å². The van der Waals surface area contributed by atoms with E-state index in [0.717, 1.165) is 15.8 Å². The molecule has 1 aliphatic rings. The number of hydrogen-bond acceptors (Lipinski definition) is 0. The van der Waals surface area contributed by atoms with Crippen LogP contribution >= 0.6 is 0 Å². The summed E-state index contributed by atoms with van der Waals surface area (Å²) in [5, 5.41) is 0. The minimum atomic E-state index is -2.14. The van der Waals surface area contributed by atoms with Crippen molar-refractivity contribution in [3.05, 3.63) is 35.9 Å². The Morgan fingerprint density at radius 2 is 1.26 bits per heavy atom. The van der Waals surface area contributed by atoms with Gasteiger partial charge in [-0.2, -0.15) is 0 Å². The Hall–Kier alpha value is 0.0187. The van der Waals surface area contributed by atoms with Gasteiger partial charge in [-0.25, -0.2) is 0 Å². The van der Waals surface area contributed by atoms with E-state index in [0.29, 0.717) is 5.41 Å². The molecule has 0 nitrogen and oxygen atoms in total. The Bertz CT molecular complexity index is 505. The van der Waals surface area contributed by atoms with Crippen molar-refractivity contribution in [3.63, 3.8) is 0 Å². The van der Waals surface area contributed by atoms with Crippen LogP contribution in [0.3, 0.4) is 0 Å². The summed E-state index contributed by atoms with van der Waals surface area (Å²) < 4.78 is 6.17. The molecule has 1 fully saturated rings. The molecule has 0 radical (unpaired) electrons. The zero-order valence-electron chi connectivity index (χ0n) is 19.2. The van der Waals surface area contributed by atoms with E-state index >= 15 is 0 Å². The predicted molar refractivity (Wildman–Crippen MR) is 125 cm³/mol. The van der Waals surface area contributed by atoms with Crippen molar-refractivity contribution in [1.82, 2.24) is 0 Å². The van der Waals surface area contributed by atoms with Gasteiger partial charge in [0.1, 0.15) is 0 Å². The van der Waals surface area contributed by atoms with E-state index in [4.69, 9.17) is 0 Å². The van der Waals surface area contributed by atoms with Crippen LogP contribution in [0.5, 0.6) is 0 Å². The molecule has 27 heavy (non-hydrogen) atoms. The molecule has 0 saturated heterocycles. The SMILES string of the molecule is CCC[CH2][Sn]([CH2]CCC)([CH2]CCC)[C@H]1[C@@H](Cc2ccccc2)[C@@H]1C(C)(C)C. The number of unbranched alkanes of at least 4 members (excludes halogenated alkanes) is 3.